The molecule has 4 rings (SSSR count). The van der Waals surface area contributed by atoms with Crippen LogP contribution in [0.5, 0.6) is 0 Å². The van der Waals surface area contributed by atoms with E-state index in [4.69, 9.17) is 5.73 Å². The van der Waals surface area contributed by atoms with E-state index in [-0.39, 0.29) is 5.56 Å². The van der Waals surface area contributed by atoms with E-state index in [1.165, 1.54) is 12.8 Å². The lowest BCUT2D eigenvalue weighted by Crippen LogP contribution is -2.38. The zero-order chi connectivity index (χ0) is 15.1. The van der Waals surface area contributed by atoms with Gasteiger partial charge in [-0.2, -0.15) is 0 Å². The Morgan fingerprint density at radius 2 is 2.18 bits per heavy atom. The van der Waals surface area contributed by atoms with Crippen molar-refractivity contribution in [3.8, 4) is 0 Å². The quantitative estimate of drug-likeness (QED) is 0.906. The maximum atomic E-state index is 12.2. The second-order valence-corrected chi connectivity index (χ2v) is 6.73. The van der Waals surface area contributed by atoms with Crippen LogP contribution in [0.2, 0.25) is 0 Å². The van der Waals surface area contributed by atoms with Gasteiger partial charge in [-0.05, 0) is 36.8 Å². The van der Waals surface area contributed by atoms with Crippen molar-refractivity contribution in [3.63, 3.8) is 0 Å². The standard InChI is InChI=1S/C17H22N4O/c18-15-5-3-4-12-9-20(11-14(12)15)10-13-8-17(22)21-7-2-1-6-16(21)19-13/h1-2,6-8,12,14-15H,3-5,9-11,18H2. The average molecular weight is 298 g/mol. The third-order valence-corrected chi connectivity index (χ3v) is 5.24. The van der Waals surface area contributed by atoms with Crippen molar-refractivity contribution < 1.29 is 0 Å². The summed E-state index contributed by atoms with van der Waals surface area (Å²) < 4.78 is 1.59. The van der Waals surface area contributed by atoms with E-state index in [2.05, 4.69) is 9.88 Å². The van der Waals surface area contributed by atoms with Gasteiger partial charge in [0.1, 0.15) is 5.65 Å². The summed E-state index contributed by atoms with van der Waals surface area (Å²) in [4.78, 5) is 19.2. The van der Waals surface area contributed by atoms with Crippen LogP contribution < -0.4 is 11.3 Å². The number of aromatic nitrogens is 2. The molecule has 3 atom stereocenters. The molecule has 22 heavy (non-hydrogen) atoms. The first kappa shape index (κ1) is 13.9. The highest BCUT2D eigenvalue weighted by Gasteiger charge is 2.38. The lowest BCUT2D eigenvalue weighted by atomic mass is 9.78. The number of likely N-dealkylation sites (tertiary alicyclic amines) is 1. The second kappa shape index (κ2) is 5.48. The van der Waals surface area contributed by atoms with Gasteiger partial charge in [0, 0.05) is 37.9 Å². The fourth-order valence-electron chi connectivity index (χ4n) is 4.15. The molecule has 3 heterocycles. The van der Waals surface area contributed by atoms with Crippen LogP contribution in [0.3, 0.4) is 0 Å². The van der Waals surface area contributed by atoms with Gasteiger partial charge in [0.15, 0.2) is 0 Å². The molecule has 5 heteroatoms. The second-order valence-electron chi connectivity index (χ2n) is 6.73. The summed E-state index contributed by atoms with van der Waals surface area (Å²) in [5.41, 5.74) is 7.86. The van der Waals surface area contributed by atoms with Crippen LogP contribution in [-0.4, -0.2) is 33.4 Å². The molecule has 0 bridgehead atoms. The molecule has 1 aliphatic heterocycles. The van der Waals surface area contributed by atoms with Gasteiger partial charge >= 0.3 is 0 Å². The molecule has 2 N–H and O–H groups in total. The summed E-state index contributed by atoms with van der Waals surface area (Å²) in [5.74, 6) is 1.35. The predicted molar refractivity (Wildman–Crippen MR) is 85.5 cm³/mol. The van der Waals surface area contributed by atoms with Gasteiger partial charge in [-0.3, -0.25) is 14.1 Å². The maximum Gasteiger partial charge on any atom is 0.258 e. The molecule has 2 fully saturated rings. The molecule has 1 saturated heterocycles. The molecular formula is C17H22N4O. The minimum absolute atomic E-state index is 0.00563. The monoisotopic (exact) mass is 298 g/mol. The Labute approximate surface area is 129 Å². The topological polar surface area (TPSA) is 63.6 Å². The maximum absolute atomic E-state index is 12.2. The molecule has 2 aromatic heterocycles. The Hall–Kier alpha value is -1.72. The van der Waals surface area contributed by atoms with E-state index in [0.29, 0.717) is 12.0 Å². The van der Waals surface area contributed by atoms with E-state index in [9.17, 15) is 4.79 Å². The van der Waals surface area contributed by atoms with Crippen LogP contribution in [-0.2, 0) is 6.54 Å². The minimum Gasteiger partial charge on any atom is -0.327 e. The van der Waals surface area contributed by atoms with Gasteiger partial charge < -0.3 is 5.73 Å². The van der Waals surface area contributed by atoms with E-state index in [0.717, 1.165) is 43.3 Å². The van der Waals surface area contributed by atoms with Gasteiger partial charge in [0.25, 0.3) is 5.56 Å². The van der Waals surface area contributed by atoms with Crippen molar-refractivity contribution in [2.24, 2.45) is 17.6 Å². The van der Waals surface area contributed by atoms with Gasteiger partial charge in [-0.1, -0.05) is 12.5 Å². The molecule has 2 aliphatic rings. The summed E-state index contributed by atoms with van der Waals surface area (Å²) in [5, 5.41) is 0. The third-order valence-electron chi connectivity index (χ3n) is 5.24. The Balaban J connectivity index is 1.56. The number of pyridine rings is 1. The first-order valence-electron chi connectivity index (χ1n) is 8.16. The predicted octanol–water partition coefficient (Wildman–Crippen LogP) is 1.25. The molecule has 116 valence electrons. The molecule has 3 unspecified atom stereocenters. The van der Waals surface area contributed by atoms with Crippen molar-refractivity contribution in [1.82, 2.24) is 14.3 Å². The number of nitrogens with two attached hydrogens (primary N) is 1. The number of hydrogen-bond acceptors (Lipinski definition) is 4. The summed E-state index contributed by atoms with van der Waals surface area (Å²) in [6, 6.07) is 7.65. The van der Waals surface area contributed by atoms with E-state index in [1.54, 1.807) is 16.7 Å². The van der Waals surface area contributed by atoms with Gasteiger partial charge in [-0.25, -0.2) is 4.98 Å². The zero-order valence-electron chi connectivity index (χ0n) is 12.7. The normalized spacial score (nSPS) is 28.9. The first-order valence-corrected chi connectivity index (χ1v) is 8.16. The number of fused-ring (bicyclic) bond motifs is 2. The van der Waals surface area contributed by atoms with Crippen molar-refractivity contribution in [3.05, 3.63) is 46.5 Å². The summed E-state index contributed by atoms with van der Waals surface area (Å²) in [7, 11) is 0. The Morgan fingerprint density at radius 1 is 1.27 bits per heavy atom. The Morgan fingerprint density at radius 3 is 3.05 bits per heavy atom. The van der Waals surface area contributed by atoms with Crippen molar-refractivity contribution in [2.75, 3.05) is 13.1 Å². The average Bonchev–Trinajstić information content (AvgIpc) is 2.91. The lowest BCUT2D eigenvalue weighted by Gasteiger charge is -2.29. The van der Waals surface area contributed by atoms with Crippen LogP contribution in [0, 0.1) is 11.8 Å². The number of rotatable bonds is 2. The summed E-state index contributed by atoms with van der Waals surface area (Å²) >= 11 is 0. The van der Waals surface area contributed by atoms with E-state index >= 15 is 0 Å². The highest BCUT2D eigenvalue weighted by Crippen LogP contribution is 2.35. The summed E-state index contributed by atoms with van der Waals surface area (Å²) in [6.07, 6.45) is 5.47. The highest BCUT2D eigenvalue weighted by atomic mass is 16.1. The van der Waals surface area contributed by atoms with Crippen LogP contribution in [0.15, 0.2) is 35.3 Å². The third kappa shape index (κ3) is 2.44. The molecule has 0 amide bonds. The smallest absolute Gasteiger partial charge is 0.258 e. The molecule has 1 aliphatic carbocycles. The largest absolute Gasteiger partial charge is 0.327 e. The number of nitrogens with zero attached hydrogens (tertiary/aromatic N) is 3. The van der Waals surface area contributed by atoms with Crippen LogP contribution in [0.1, 0.15) is 25.0 Å². The highest BCUT2D eigenvalue weighted by molar-refractivity contribution is 5.38. The van der Waals surface area contributed by atoms with Crippen LogP contribution in [0.25, 0.3) is 5.65 Å². The van der Waals surface area contributed by atoms with E-state index in [1.807, 2.05) is 18.2 Å². The minimum atomic E-state index is -0.00563. The Kier molecular flexibility index (Phi) is 3.47. The molecule has 2 aromatic rings. The molecule has 0 radical (unpaired) electrons. The van der Waals surface area contributed by atoms with Gasteiger partial charge in [0.05, 0.1) is 5.69 Å². The molecular weight excluding hydrogens is 276 g/mol. The van der Waals surface area contributed by atoms with Crippen molar-refractivity contribution >= 4 is 5.65 Å². The zero-order valence-corrected chi connectivity index (χ0v) is 12.7. The van der Waals surface area contributed by atoms with Gasteiger partial charge in [-0.15, -0.1) is 0 Å². The fourth-order valence-corrected chi connectivity index (χ4v) is 4.15. The Bertz CT molecular complexity index is 741. The van der Waals surface area contributed by atoms with Crippen LogP contribution in [0.4, 0.5) is 0 Å². The van der Waals surface area contributed by atoms with Crippen molar-refractivity contribution in [2.45, 2.75) is 31.8 Å². The number of hydrogen-bond donors (Lipinski definition) is 1. The van der Waals surface area contributed by atoms with Crippen LogP contribution >= 0.6 is 0 Å². The lowest BCUT2D eigenvalue weighted by molar-refractivity contribution is 0.259. The first-order chi connectivity index (χ1) is 10.7. The molecule has 0 spiro atoms. The van der Waals surface area contributed by atoms with E-state index < -0.39 is 0 Å². The summed E-state index contributed by atoms with van der Waals surface area (Å²) in [6.45, 7) is 2.89. The SMILES string of the molecule is NC1CCCC2CN(Cc3cc(=O)n4ccccc4n3)CC12. The molecule has 1 saturated carbocycles. The fraction of sp³-hybridized carbons (Fsp3) is 0.529. The molecule has 5 nitrogen and oxygen atoms in total. The molecule has 0 aromatic carbocycles. The van der Waals surface area contributed by atoms with Gasteiger partial charge in [0.2, 0.25) is 0 Å². The van der Waals surface area contributed by atoms with Crippen molar-refractivity contribution in [1.29, 1.82) is 0 Å².